The van der Waals surface area contributed by atoms with Crippen molar-refractivity contribution >= 4 is 13.7 Å². The highest BCUT2D eigenvalue weighted by atomic mass is 31.2. The van der Waals surface area contributed by atoms with Crippen molar-refractivity contribution in [2.24, 2.45) is 0 Å². The molecule has 0 aromatic carbocycles. The summed E-state index contributed by atoms with van der Waals surface area (Å²) >= 11 is 0. The Balaban J connectivity index is 4.14. The third-order valence-electron chi connectivity index (χ3n) is 14.0. The predicted molar refractivity (Wildman–Crippen MR) is 295 cm³/mol. The molecule has 0 fully saturated rings. The largest absolute Gasteiger partial charge is 0.472 e. The van der Waals surface area contributed by atoms with E-state index in [1.54, 1.807) is 6.08 Å². The van der Waals surface area contributed by atoms with Gasteiger partial charge in [0.2, 0.25) is 5.91 Å². The number of phosphoric ester groups is 1. The molecule has 68 heavy (non-hydrogen) atoms. The van der Waals surface area contributed by atoms with E-state index >= 15 is 0 Å². The zero-order chi connectivity index (χ0) is 49.9. The van der Waals surface area contributed by atoms with Crippen LogP contribution in [0.15, 0.2) is 12.2 Å². The van der Waals surface area contributed by atoms with Crippen molar-refractivity contribution < 1.29 is 32.9 Å². The van der Waals surface area contributed by atoms with Crippen molar-refractivity contribution in [3.8, 4) is 0 Å². The predicted octanol–water partition coefficient (Wildman–Crippen LogP) is 18.2. The van der Waals surface area contributed by atoms with Gasteiger partial charge in [0.15, 0.2) is 0 Å². The van der Waals surface area contributed by atoms with Crippen molar-refractivity contribution in [1.29, 1.82) is 0 Å². The number of hydrogen-bond acceptors (Lipinski definition) is 5. The third-order valence-corrected chi connectivity index (χ3v) is 15.0. The van der Waals surface area contributed by atoms with Gasteiger partial charge >= 0.3 is 7.82 Å². The zero-order valence-electron chi connectivity index (χ0n) is 46.4. The Hall–Kier alpha value is -0.760. The standard InChI is InChI=1S/C59H119N2O6P/c1-6-8-10-12-14-16-18-20-22-24-26-28-29-30-31-33-35-37-39-41-43-45-47-49-51-53-59(63)60-57(56-67-68(64,65)66-55-54-61(3,4)5)58(62)52-50-48-46-44-42-40-38-36-34-32-27-25-23-21-19-17-15-13-11-9-7-2/h50,52,57-58,62H,6-49,51,53-56H2,1-5H3,(H-,60,63,64,65)/p+1/b52-50+. The van der Waals surface area contributed by atoms with Gasteiger partial charge in [0.05, 0.1) is 39.9 Å². The van der Waals surface area contributed by atoms with E-state index in [-0.39, 0.29) is 19.1 Å². The van der Waals surface area contributed by atoms with Crippen molar-refractivity contribution in [2.75, 3.05) is 40.9 Å². The molecule has 0 aliphatic heterocycles. The minimum absolute atomic E-state index is 0.0653. The SMILES string of the molecule is CCCCCCCCCCCCCCCCCCCCC/C=C/C(O)C(COP(=O)(O)OCC[N+](C)(C)C)NC(=O)CCCCCCCCCCCCCCCCCCCCCCCCCCC. The fourth-order valence-electron chi connectivity index (χ4n) is 9.28. The number of nitrogens with one attached hydrogen (secondary N) is 1. The van der Waals surface area contributed by atoms with E-state index in [4.69, 9.17) is 9.05 Å². The number of phosphoric acid groups is 1. The molecule has 3 unspecified atom stereocenters. The lowest BCUT2D eigenvalue weighted by Crippen LogP contribution is -2.45. The van der Waals surface area contributed by atoms with Gasteiger partial charge in [0.25, 0.3) is 0 Å². The number of allylic oxidation sites excluding steroid dienone is 1. The highest BCUT2D eigenvalue weighted by Gasteiger charge is 2.27. The maximum absolute atomic E-state index is 13.0. The first kappa shape index (κ1) is 67.2. The molecular weight excluding hydrogens is 864 g/mol. The average Bonchev–Trinajstić information content (AvgIpc) is 3.30. The molecular formula is C59H120N2O6P+. The molecule has 0 aromatic rings. The van der Waals surface area contributed by atoms with E-state index in [1.165, 1.54) is 257 Å². The molecule has 9 heteroatoms. The van der Waals surface area contributed by atoms with Crippen LogP contribution in [0, 0.1) is 0 Å². The number of rotatable bonds is 56. The molecule has 0 saturated heterocycles. The van der Waals surface area contributed by atoms with E-state index in [0.29, 0.717) is 17.4 Å². The molecule has 3 atom stereocenters. The van der Waals surface area contributed by atoms with Crippen LogP contribution < -0.4 is 5.32 Å². The van der Waals surface area contributed by atoms with Crippen LogP contribution in [0.4, 0.5) is 0 Å². The lowest BCUT2D eigenvalue weighted by molar-refractivity contribution is -0.870. The lowest BCUT2D eigenvalue weighted by Gasteiger charge is -2.25. The van der Waals surface area contributed by atoms with Gasteiger partial charge < -0.3 is 19.8 Å². The van der Waals surface area contributed by atoms with Crippen LogP contribution in [-0.4, -0.2) is 73.4 Å². The lowest BCUT2D eigenvalue weighted by atomic mass is 10.0. The zero-order valence-corrected chi connectivity index (χ0v) is 47.3. The maximum Gasteiger partial charge on any atom is 0.472 e. The van der Waals surface area contributed by atoms with Gasteiger partial charge in [0, 0.05) is 6.42 Å². The van der Waals surface area contributed by atoms with Gasteiger partial charge in [-0.2, -0.15) is 0 Å². The van der Waals surface area contributed by atoms with E-state index < -0.39 is 20.0 Å². The summed E-state index contributed by atoms with van der Waals surface area (Å²) in [6.07, 6.45) is 63.2. The Morgan fingerprint density at radius 3 is 1.09 bits per heavy atom. The molecule has 0 saturated carbocycles. The van der Waals surface area contributed by atoms with Gasteiger partial charge in [-0.05, 0) is 19.3 Å². The Bertz CT molecular complexity index is 1120. The summed E-state index contributed by atoms with van der Waals surface area (Å²) in [6, 6.07) is -0.842. The normalized spacial score (nSPS) is 13.9. The van der Waals surface area contributed by atoms with E-state index in [2.05, 4.69) is 19.2 Å². The maximum atomic E-state index is 13.0. The van der Waals surface area contributed by atoms with Gasteiger partial charge in [-0.25, -0.2) is 4.57 Å². The van der Waals surface area contributed by atoms with Crippen LogP contribution in [0.1, 0.15) is 309 Å². The number of carbonyl (C=O) groups is 1. The number of aliphatic hydroxyl groups is 1. The van der Waals surface area contributed by atoms with Crippen molar-refractivity contribution in [3.05, 3.63) is 12.2 Å². The second-order valence-electron chi connectivity index (χ2n) is 22.1. The van der Waals surface area contributed by atoms with E-state index in [0.717, 1.165) is 32.1 Å². The summed E-state index contributed by atoms with van der Waals surface area (Å²) in [4.78, 5) is 23.3. The van der Waals surface area contributed by atoms with Crippen LogP contribution in [0.3, 0.4) is 0 Å². The number of quaternary nitrogens is 1. The Morgan fingerprint density at radius 2 is 0.779 bits per heavy atom. The van der Waals surface area contributed by atoms with Crippen LogP contribution in [-0.2, 0) is 18.4 Å². The molecule has 3 N–H and O–H groups in total. The summed E-state index contributed by atoms with van der Waals surface area (Å²) in [7, 11) is 1.59. The highest BCUT2D eigenvalue weighted by molar-refractivity contribution is 7.47. The number of unbranched alkanes of at least 4 members (excludes halogenated alkanes) is 43. The number of likely N-dealkylation sites (N-methyl/N-ethyl adjacent to an activating group) is 1. The van der Waals surface area contributed by atoms with Gasteiger partial charge in [-0.15, -0.1) is 0 Å². The number of nitrogens with zero attached hydrogens (tertiary/aromatic N) is 1. The summed E-state index contributed by atoms with van der Waals surface area (Å²) in [5, 5.41) is 14.0. The molecule has 0 radical (unpaired) electrons. The monoisotopic (exact) mass is 984 g/mol. The topological polar surface area (TPSA) is 105 Å². The van der Waals surface area contributed by atoms with Gasteiger partial charge in [-0.3, -0.25) is 13.8 Å². The minimum atomic E-state index is -4.34. The number of carbonyl (C=O) groups excluding carboxylic acids is 1. The molecule has 0 spiro atoms. The molecule has 0 aromatic heterocycles. The number of hydrogen-bond donors (Lipinski definition) is 3. The fourth-order valence-corrected chi connectivity index (χ4v) is 10.0. The molecule has 0 aliphatic carbocycles. The van der Waals surface area contributed by atoms with Crippen LogP contribution in [0.25, 0.3) is 0 Å². The minimum Gasteiger partial charge on any atom is -0.387 e. The van der Waals surface area contributed by atoms with Crippen molar-refractivity contribution in [2.45, 2.75) is 321 Å². The smallest absolute Gasteiger partial charge is 0.387 e. The van der Waals surface area contributed by atoms with Crippen molar-refractivity contribution in [1.82, 2.24) is 5.32 Å². The summed E-state index contributed by atoms with van der Waals surface area (Å²) < 4.78 is 23.7. The van der Waals surface area contributed by atoms with Crippen LogP contribution in [0.5, 0.6) is 0 Å². The first-order chi connectivity index (χ1) is 33.0. The van der Waals surface area contributed by atoms with Crippen LogP contribution >= 0.6 is 7.82 Å². The Morgan fingerprint density at radius 1 is 0.485 bits per heavy atom. The second kappa shape index (κ2) is 51.2. The second-order valence-corrected chi connectivity index (χ2v) is 23.5. The first-order valence-electron chi connectivity index (χ1n) is 30.1. The Kier molecular flexibility index (Phi) is 50.6. The fraction of sp³-hybridized carbons (Fsp3) is 0.949. The summed E-state index contributed by atoms with van der Waals surface area (Å²) in [5.74, 6) is -0.169. The average molecular weight is 985 g/mol. The molecule has 8 nitrogen and oxygen atoms in total. The number of amides is 1. The molecule has 0 heterocycles. The van der Waals surface area contributed by atoms with E-state index in [1.807, 2.05) is 27.2 Å². The molecule has 0 aliphatic rings. The molecule has 0 rings (SSSR count). The summed E-state index contributed by atoms with van der Waals surface area (Å²) in [6.45, 7) is 4.87. The molecule has 1 amide bonds. The van der Waals surface area contributed by atoms with Gasteiger partial charge in [0.1, 0.15) is 13.2 Å². The first-order valence-corrected chi connectivity index (χ1v) is 31.6. The van der Waals surface area contributed by atoms with Crippen molar-refractivity contribution in [3.63, 3.8) is 0 Å². The summed E-state index contributed by atoms with van der Waals surface area (Å²) in [5.41, 5.74) is 0. The van der Waals surface area contributed by atoms with E-state index in [9.17, 15) is 19.4 Å². The van der Waals surface area contributed by atoms with Gasteiger partial charge in [-0.1, -0.05) is 296 Å². The molecule has 406 valence electrons. The third kappa shape index (κ3) is 53.0. The van der Waals surface area contributed by atoms with Crippen LogP contribution in [0.2, 0.25) is 0 Å². The number of aliphatic hydroxyl groups excluding tert-OH is 1. The highest BCUT2D eigenvalue weighted by Crippen LogP contribution is 2.43. The quantitative estimate of drug-likeness (QED) is 0.0243. The molecule has 0 bridgehead atoms. The Labute approximate surface area is 424 Å².